The number of rotatable bonds is 1. The number of aryl methyl sites for hydroxylation is 1. The smallest absolute Gasteiger partial charge is 0.171 e. The molecular weight excluding hydrogens is 232 g/mol. The molecule has 5 heteroatoms. The van der Waals surface area contributed by atoms with Gasteiger partial charge in [0.2, 0.25) is 0 Å². The molecule has 4 nitrogen and oxygen atoms in total. The first-order chi connectivity index (χ1) is 9.12. The Morgan fingerprint density at radius 3 is 3.08 bits per heavy atom. The molecule has 0 radical (unpaired) electrons. The molecule has 66 valence electrons. The lowest BCUT2D eigenvalue weighted by Crippen LogP contribution is -1.98. The van der Waals surface area contributed by atoms with Gasteiger partial charge in [-0.1, -0.05) is 0 Å². The van der Waals surface area contributed by atoms with Gasteiger partial charge in [-0.3, -0.25) is 4.98 Å². The fraction of sp³-hybridized carbons (Fsp3) is 0.125. The fourth-order valence-corrected chi connectivity index (χ4v) is 0.941. The standard InChI is InChI=1S/C8H7BrN4/c1-6-2-11-8(4-10-6)13-5-7(9)3-12-13/h2-5H,1H3/i1D3,2D,3D,4D,5D. The molecule has 0 amide bonds. The van der Waals surface area contributed by atoms with Crippen molar-refractivity contribution in [2.24, 2.45) is 0 Å². The summed E-state index contributed by atoms with van der Waals surface area (Å²) < 4.78 is 52.9. The van der Waals surface area contributed by atoms with Crippen molar-refractivity contribution in [2.45, 2.75) is 6.85 Å². The van der Waals surface area contributed by atoms with Gasteiger partial charge in [-0.15, -0.1) is 0 Å². The van der Waals surface area contributed by atoms with Crippen LogP contribution in [-0.2, 0) is 0 Å². The van der Waals surface area contributed by atoms with Gasteiger partial charge in [0.05, 0.1) is 34.2 Å². The zero-order chi connectivity index (χ0) is 15.2. The van der Waals surface area contributed by atoms with Gasteiger partial charge in [-0.05, 0) is 22.8 Å². The molecule has 2 heterocycles. The molecule has 0 aliphatic rings. The number of nitrogens with zero attached hydrogens (tertiary/aromatic N) is 4. The van der Waals surface area contributed by atoms with E-state index in [4.69, 9.17) is 9.60 Å². The molecule has 0 saturated carbocycles. The Labute approximate surface area is 93.6 Å². The lowest BCUT2D eigenvalue weighted by atomic mass is 10.5. The van der Waals surface area contributed by atoms with Crippen molar-refractivity contribution >= 4 is 15.9 Å². The Morgan fingerprint density at radius 2 is 2.38 bits per heavy atom. The summed E-state index contributed by atoms with van der Waals surface area (Å²) in [5, 5.41) is 3.68. The largest absolute Gasteiger partial charge is 0.256 e. The molecule has 0 aliphatic carbocycles. The minimum absolute atomic E-state index is 0.102. The summed E-state index contributed by atoms with van der Waals surface area (Å²) in [6, 6.07) is 0. The fourth-order valence-electron chi connectivity index (χ4n) is 0.694. The molecule has 2 aromatic rings. The summed E-state index contributed by atoms with van der Waals surface area (Å²) >= 11 is 2.98. The molecule has 0 atom stereocenters. The maximum atomic E-state index is 7.71. The summed E-state index contributed by atoms with van der Waals surface area (Å²) in [6.45, 7) is -2.65. The lowest BCUT2D eigenvalue weighted by molar-refractivity contribution is 0.833. The zero-order valence-electron chi connectivity index (χ0n) is 13.2. The van der Waals surface area contributed by atoms with E-state index in [2.05, 4.69) is 31.0 Å². The van der Waals surface area contributed by atoms with E-state index in [9.17, 15) is 0 Å². The summed E-state index contributed by atoms with van der Waals surface area (Å²) in [5.41, 5.74) is -0.588. The van der Waals surface area contributed by atoms with E-state index >= 15 is 0 Å². The van der Waals surface area contributed by atoms with Crippen LogP contribution >= 0.6 is 15.9 Å². The molecule has 0 saturated heterocycles. The minimum atomic E-state index is -2.65. The molecule has 0 N–H and O–H groups in total. The van der Waals surface area contributed by atoms with Gasteiger partial charge in [0.15, 0.2) is 5.82 Å². The van der Waals surface area contributed by atoms with E-state index in [1.54, 1.807) is 0 Å². The summed E-state index contributed by atoms with van der Waals surface area (Å²) in [6.07, 6.45) is -1.62. The van der Waals surface area contributed by atoms with Gasteiger partial charge in [-0.2, -0.15) is 5.10 Å². The second-order valence-corrected chi connectivity index (χ2v) is 2.86. The highest BCUT2D eigenvalue weighted by atomic mass is 79.9. The predicted octanol–water partition coefficient (Wildman–Crippen LogP) is 1.73. The van der Waals surface area contributed by atoms with Crippen LogP contribution in [0.4, 0.5) is 0 Å². The monoisotopic (exact) mass is 245 g/mol. The number of hydrogen-bond donors (Lipinski definition) is 0. The molecule has 0 unspecified atom stereocenters. The van der Waals surface area contributed by atoms with Crippen LogP contribution < -0.4 is 0 Å². The number of halogens is 1. The predicted molar refractivity (Wildman–Crippen MR) is 51.6 cm³/mol. The van der Waals surface area contributed by atoms with Crippen molar-refractivity contribution in [2.75, 3.05) is 0 Å². The summed E-state index contributed by atoms with van der Waals surface area (Å²) in [4.78, 5) is 7.19. The highest BCUT2D eigenvalue weighted by Gasteiger charge is 1.99. The van der Waals surface area contributed by atoms with E-state index in [0.717, 1.165) is 4.68 Å². The molecule has 13 heavy (non-hydrogen) atoms. The van der Waals surface area contributed by atoms with Crippen LogP contribution in [-0.4, -0.2) is 19.7 Å². The van der Waals surface area contributed by atoms with Crippen LogP contribution in [0.1, 0.15) is 15.3 Å². The topological polar surface area (TPSA) is 43.6 Å². The molecule has 0 aromatic carbocycles. The van der Waals surface area contributed by atoms with E-state index in [1.165, 1.54) is 0 Å². The van der Waals surface area contributed by atoms with Crippen LogP contribution in [0.5, 0.6) is 0 Å². The van der Waals surface area contributed by atoms with Crippen molar-refractivity contribution < 1.29 is 9.60 Å². The van der Waals surface area contributed by atoms with Crippen LogP contribution in [0.2, 0.25) is 0 Å². The normalized spacial score (nSPS) is 19.0. The van der Waals surface area contributed by atoms with E-state index in [1.807, 2.05) is 0 Å². The minimum Gasteiger partial charge on any atom is -0.256 e. The van der Waals surface area contributed by atoms with E-state index in [-0.39, 0.29) is 22.6 Å². The Balaban J connectivity index is 2.65. The molecular formula is C8H7BrN4. The van der Waals surface area contributed by atoms with Gasteiger partial charge < -0.3 is 0 Å². The summed E-state index contributed by atoms with van der Waals surface area (Å²) in [5.74, 6) is -0.271. The van der Waals surface area contributed by atoms with Gasteiger partial charge in [0.25, 0.3) is 0 Å². The molecule has 0 fully saturated rings. The maximum absolute atomic E-state index is 7.71. The average molecular weight is 246 g/mol. The van der Waals surface area contributed by atoms with Crippen molar-refractivity contribution in [3.05, 3.63) is 34.9 Å². The maximum Gasteiger partial charge on any atom is 0.171 e. The first-order valence-electron chi connectivity index (χ1n) is 6.70. The van der Waals surface area contributed by atoms with Gasteiger partial charge in [0, 0.05) is 10.3 Å². The Hall–Kier alpha value is -1.23. The third-order valence-corrected chi connectivity index (χ3v) is 1.54. The number of hydrogen-bond acceptors (Lipinski definition) is 3. The second-order valence-electron chi connectivity index (χ2n) is 2.07. The highest BCUT2D eigenvalue weighted by Crippen LogP contribution is 2.09. The Bertz CT molecular complexity index is 680. The van der Waals surface area contributed by atoms with Crippen LogP contribution in [0, 0.1) is 6.85 Å². The molecule has 0 spiro atoms. The van der Waals surface area contributed by atoms with Crippen molar-refractivity contribution in [3.63, 3.8) is 0 Å². The average Bonchev–Trinajstić information content (AvgIpc) is 2.58. The van der Waals surface area contributed by atoms with Crippen molar-refractivity contribution in [3.8, 4) is 5.82 Å². The third kappa shape index (κ3) is 1.75. The lowest BCUT2D eigenvalue weighted by Gasteiger charge is -1.98. The van der Waals surface area contributed by atoms with Crippen molar-refractivity contribution in [1.29, 1.82) is 0 Å². The Morgan fingerprint density at radius 1 is 1.46 bits per heavy atom. The quantitative estimate of drug-likeness (QED) is 0.769. The molecule has 0 bridgehead atoms. The van der Waals surface area contributed by atoms with Crippen LogP contribution in [0.15, 0.2) is 29.2 Å². The highest BCUT2D eigenvalue weighted by molar-refractivity contribution is 9.10. The molecule has 2 aromatic heterocycles. The second kappa shape index (κ2) is 3.26. The zero-order valence-corrected chi connectivity index (χ0v) is 7.75. The number of aromatic nitrogens is 4. The first kappa shape index (κ1) is 3.49. The van der Waals surface area contributed by atoms with Crippen LogP contribution in [0.25, 0.3) is 5.82 Å². The Kier molecular flexibility index (Phi) is 0.875. The third-order valence-electron chi connectivity index (χ3n) is 1.19. The summed E-state index contributed by atoms with van der Waals surface area (Å²) in [7, 11) is 0. The van der Waals surface area contributed by atoms with Gasteiger partial charge in [-0.25, -0.2) is 9.67 Å². The van der Waals surface area contributed by atoms with E-state index < -0.39 is 24.9 Å². The molecule has 0 aliphatic heterocycles. The first-order valence-corrected chi connectivity index (χ1v) is 4.00. The van der Waals surface area contributed by atoms with Crippen molar-refractivity contribution in [1.82, 2.24) is 19.7 Å². The van der Waals surface area contributed by atoms with Gasteiger partial charge in [0.1, 0.15) is 0 Å². The molecule has 2 rings (SSSR count). The van der Waals surface area contributed by atoms with Crippen LogP contribution in [0.3, 0.4) is 0 Å². The SMILES string of the molecule is [2H]c1nc(C([2H])([2H])[2H])c([2H])nc1-n1nc([2H])c(Br)c1[2H]. The van der Waals surface area contributed by atoms with E-state index in [0.29, 0.717) is 0 Å². The van der Waals surface area contributed by atoms with Gasteiger partial charge >= 0.3 is 0 Å².